The molecule has 1 unspecified atom stereocenters. The van der Waals surface area contributed by atoms with Crippen molar-refractivity contribution in [3.05, 3.63) is 41.4 Å². The van der Waals surface area contributed by atoms with Crippen molar-refractivity contribution in [3.8, 4) is 0 Å². The van der Waals surface area contributed by atoms with E-state index in [9.17, 15) is 8.42 Å². The highest BCUT2D eigenvalue weighted by Crippen LogP contribution is 2.17. The van der Waals surface area contributed by atoms with Gasteiger partial charge in [0.15, 0.2) is 9.84 Å². The molecular formula is C13H15N3O2S. The predicted octanol–water partition coefficient (Wildman–Crippen LogP) is 0.974. The van der Waals surface area contributed by atoms with Gasteiger partial charge in [0.2, 0.25) is 0 Å². The number of benzene rings is 1. The number of aryl methyl sites for hydroxylation is 1. The van der Waals surface area contributed by atoms with Crippen LogP contribution in [0.2, 0.25) is 0 Å². The number of fused-ring (bicyclic) bond motifs is 1. The molecule has 1 aromatic carbocycles. The Morgan fingerprint density at radius 2 is 2.21 bits per heavy atom. The molecule has 0 saturated heterocycles. The predicted molar refractivity (Wildman–Crippen MR) is 74.3 cm³/mol. The van der Waals surface area contributed by atoms with Crippen LogP contribution in [0.1, 0.15) is 5.69 Å². The second kappa shape index (κ2) is 4.47. The van der Waals surface area contributed by atoms with Crippen LogP contribution >= 0.6 is 0 Å². The number of sulfone groups is 1. The lowest BCUT2D eigenvalue weighted by Gasteiger charge is -2.07. The van der Waals surface area contributed by atoms with Gasteiger partial charge in [0.05, 0.1) is 17.0 Å². The fourth-order valence-corrected chi connectivity index (χ4v) is 3.62. The minimum Gasteiger partial charge on any atom is -0.304 e. The van der Waals surface area contributed by atoms with Gasteiger partial charge >= 0.3 is 0 Å². The van der Waals surface area contributed by atoms with Crippen LogP contribution in [0.3, 0.4) is 0 Å². The van der Waals surface area contributed by atoms with E-state index in [0.29, 0.717) is 6.54 Å². The Bertz CT molecular complexity index is 746. The Balaban J connectivity index is 1.78. The van der Waals surface area contributed by atoms with E-state index in [2.05, 4.69) is 10.4 Å². The third kappa shape index (κ3) is 2.41. The van der Waals surface area contributed by atoms with Gasteiger partial charge in [0.25, 0.3) is 0 Å². The Kier molecular flexibility index (Phi) is 2.91. The topological polar surface area (TPSA) is 64.0 Å². The van der Waals surface area contributed by atoms with Crippen molar-refractivity contribution < 1.29 is 8.42 Å². The zero-order valence-corrected chi connectivity index (χ0v) is 11.4. The van der Waals surface area contributed by atoms with Crippen molar-refractivity contribution >= 4 is 20.7 Å². The minimum absolute atomic E-state index is 0.120. The van der Waals surface area contributed by atoms with Crippen molar-refractivity contribution in [1.29, 1.82) is 0 Å². The normalized spacial score (nSPS) is 21.2. The summed E-state index contributed by atoms with van der Waals surface area (Å²) in [6, 6.07) is 7.89. The number of hydrogen-bond acceptors (Lipinski definition) is 4. The van der Waals surface area contributed by atoms with Gasteiger partial charge in [-0.3, -0.25) is 4.68 Å². The fraction of sp³-hybridized carbons (Fsp3) is 0.308. The summed E-state index contributed by atoms with van der Waals surface area (Å²) in [6.07, 6.45) is 1.69. The smallest absolute Gasteiger partial charge is 0.173 e. The summed E-state index contributed by atoms with van der Waals surface area (Å²) in [5.74, 6) is 0.137. The maximum atomic E-state index is 11.3. The molecule has 0 amide bonds. The molecule has 0 aliphatic carbocycles. The molecule has 0 saturated carbocycles. The number of nitrogens with one attached hydrogen (secondary N) is 1. The van der Waals surface area contributed by atoms with Gasteiger partial charge < -0.3 is 5.32 Å². The van der Waals surface area contributed by atoms with E-state index in [-0.39, 0.29) is 11.8 Å². The van der Waals surface area contributed by atoms with Crippen LogP contribution < -0.4 is 5.32 Å². The SMILES string of the molecule is Cn1nc(CNC2C=CS(=O)(=O)C2)c2ccccc21. The van der Waals surface area contributed by atoms with Gasteiger partial charge in [-0.15, -0.1) is 0 Å². The summed E-state index contributed by atoms with van der Waals surface area (Å²) < 4.78 is 24.5. The molecule has 2 heterocycles. The fourth-order valence-electron chi connectivity index (χ4n) is 2.35. The summed E-state index contributed by atoms with van der Waals surface area (Å²) in [5, 5.41) is 10.1. The van der Waals surface area contributed by atoms with Crippen LogP contribution in [0.25, 0.3) is 10.9 Å². The molecule has 3 rings (SSSR count). The molecule has 1 N–H and O–H groups in total. The standard InChI is InChI=1S/C13H15N3O2S/c1-16-13-5-3-2-4-11(13)12(15-16)8-14-10-6-7-19(17,18)9-10/h2-7,10,14H,8-9H2,1H3. The number of aromatic nitrogens is 2. The van der Waals surface area contributed by atoms with E-state index in [1.807, 2.05) is 36.0 Å². The third-order valence-electron chi connectivity index (χ3n) is 3.30. The third-order valence-corrected chi connectivity index (χ3v) is 4.69. The van der Waals surface area contributed by atoms with Crippen LogP contribution in [0, 0.1) is 0 Å². The molecule has 0 bridgehead atoms. The zero-order chi connectivity index (χ0) is 13.5. The van der Waals surface area contributed by atoms with Gasteiger partial charge in [-0.25, -0.2) is 8.42 Å². The second-order valence-electron chi connectivity index (χ2n) is 4.73. The van der Waals surface area contributed by atoms with Crippen LogP contribution in [-0.2, 0) is 23.4 Å². The lowest BCUT2D eigenvalue weighted by atomic mass is 10.2. The molecule has 0 spiro atoms. The molecular weight excluding hydrogens is 262 g/mol. The van der Waals surface area contributed by atoms with E-state index in [1.54, 1.807) is 6.08 Å². The lowest BCUT2D eigenvalue weighted by Crippen LogP contribution is -2.29. The van der Waals surface area contributed by atoms with Crippen molar-refractivity contribution in [1.82, 2.24) is 15.1 Å². The summed E-state index contributed by atoms with van der Waals surface area (Å²) in [7, 11) is -1.10. The number of nitrogens with zero attached hydrogens (tertiary/aromatic N) is 2. The molecule has 1 aliphatic rings. The van der Waals surface area contributed by atoms with E-state index in [0.717, 1.165) is 16.6 Å². The Hall–Kier alpha value is -1.66. The second-order valence-corrected chi connectivity index (χ2v) is 6.66. The van der Waals surface area contributed by atoms with Crippen LogP contribution in [0.15, 0.2) is 35.7 Å². The van der Waals surface area contributed by atoms with Gasteiger partial charge in [-0.05, 0) is 6.07 Å². The van der Waals surface area contributed by atoms with E-state index >= 15 is 0 Å². The Labute approximate surface area is 111 Å². The molecule has 5 nitrogen and oxygen atoms in total. The Morgan fingerprint density at radius 3 is 2.95 bits per heavy atom. The summed E-state index contributed by atoms with van der Waals surface area (Å²) in [4.78, 5) is 0. The van der Waals surface area contributed by atoms with Gasteiger partial charge in [0, 0.05) is 30.4 Å². The first-order valence-electron chi connectivity index (χ1n) is 6.10. The van der Waals surface area contributed by atoms with Crippen molar-refractivity contribution in [2.24, 2.45) is 7.05 Å². The molecule has 1 aromatic heterocycles. The number of para-hydroxylation sites is 1. The Morgan fingerprint density at radius 1 is 1.42 bits per heavy atom. The highest BCUT2D eigenvalue weighted by molar-refractivity contribution is 7.94. The molecule has 2 aromatic rings. The van der Waals surface area contributed by atoms with Crippen molar-refractivity contribution in [2.45, 2.75) is 12.6 Å². The maximum absolute atomic E-state index is 11.3. The highest BCUT2D eigenvalue weighted by Gasteiger charge is 2.21. The van der Waals surface area contributed by atoms with Gasteiger partial charge in [0.1, 0.15) is 0 Å². The molecule has 19 heavy (non-hydrogen) atoms. The summed E-state index contributed by atoms with van der Waals surface area (Å²) in [5.41, 5.74) is 2.02. The van der Waals surface area contributed by atoms with Gasteiger partial charge in [-0.1, -0.05) is 24.3 Å². The number of hydrogen-bond donors (Lipinski definition) is 1. The average Bonchev–Trinajstić information content (AvgIpc) is 2.88. The molecule has 0 radical (unpaired) electrons. The molecule has 100 valence electrons. The number of rotatable bonds is 3. The monoisotopic (exact) mass is 277 g/mol. The lowest BCUT2D eigenvalue weighted by molar-refractivity contribution is 0.586. The molecule has 6 heteroatoms. The molecule has 0 fully saturated rings. The van der Waals surface area contributed by atoms with E-state index < -0.39 is 9.84 Å². The first-order valence-corrected chi connectivity index (χ1v) is 7.82. The molecule has 1 atom stereocenters. The molecule has 1 aliphatic heterocycles. The van der Waals surface area contributed by atoms with Crippen LogP contribution in [0.4, 0.5) is 0 Å². The summed E-state index contributed by atoms with van der Waals surface area (Å²) >= 11 is 0. The van der Waals surface area contributed by atoms with E-state index in [4.69, 9.17) is 0 Å². The van der Waals surface area contributed by atoms with Crippen LogP contribution in [0.5, 0.6) is 0 Å². The van der Waals surface area contributed by atoms with E-state index in [1.165, 1.54) is 5.41 Å². The highest BCUT2D eigenvalue weighted by atomic mass is 32.2. The first kappa shape index (κ1) is 12.4. The summed E-state index contributed by atoms with van der Waals surface area (Å²) in [6.45, 7) is 0.561. The average molecular weight is 277 g/mol. The maximum Gasteiger partial charge on any atom is 0.173 e. The van der Waals surface area contributed by atoms with Crippen molar-refractivity contribution in [2.75, 3.05) is 5.75 Å². The minimum atomic E-state index is -3.01. The van der Waals surface area contributed by atoms with Crippen molar-refractivity contribution in [3.63, 3.8) is 0 Å². The van der Waals surface area contributed by atoms with Gasteiger partial charge in [-0.2, -0.15) is 5.10 Å². The van der Waals surface area contributed by atoms with Crippen LogP contribution in [-0.4, -0.2) is 30.0 Å². The first-order chi connectivity index (χ1) is 9.05. The zero-order valence-electron chi connectivity index (χ0n) is 10.6. The quantitative estimate of drug-likeness (QED) is 0.908. The largest absolute Gasteiger partial charge is 0.304 e.